The number of ether oxygens (including phenoxy) is 1. The summed E-state index contributed by atoms with van der Waals surface area (Å²) in [5.41, 5.74) is 3.13. The number of piperidine rings is 1. The molecule has 1 saturated heterocycles. The predicted octanol–water partition coefficient (Wildman–Crippen LogP) is 4.62. The van der Waals surface area contributed by atoms with Gasteiger partial charge in [-0.3, -0.25) is 0 Å². The minimum absolute atomic E-state index is 0.282. The molecule has 4 heterocycles. The van der Waals surface area contributed by atoms with Gasteiger partial charge in [0.1, 0.15) is 17.1 Å². The van der Waals surface area contributed by atoms with Crippen molar-refractivity contribution in [2.24, 2.45) is 12.5 Å². The van der Waals surface area contributed by atoms with Gasteiger partial charge in [0.25, 0.3) is 0 Å². The number of rotatable bonds is 5. The van der Waals surface area contributed by atoms with E-state index in [2.05, 4.69) is 26.3 Å². The van der Waals surface area contributed by atoms with E-state index < -0.39 is 0 Å². The van der Waals surface area contributed by atoms with Gasteiger partial charge < -0.3 is 19.5 Å². The summed E-state index contributed by atoms with van der Waals surface area (Å²) in [5.74, 6) is 2.83. The minimum atomic E-state index is -0.282. The molecule has 0 bridgehead atoms. The van der Waals surface area contributed by atoms with Crippen molar-refractivity contribution in [3.63, 3.8) is 0 Å². The summed E-state index contributed by atoms with van der Waals surface area (Å²) in [6.07, 6.45) is 7.11. The molecule has 9 heteroatoms. The lowest BCUT2D eigenvalue weighted by molar-refractivity contribution is 0.336. The molecule has 0 saturated carbocycles. The standard InChI is InChI=1S/C26H28N8O/c1-17-13-19-15-29-25(32-22(19)24(30-17)34-10-7-26(2,16-27)8-11-34)31-20-6-5-18(14-21(20)35-4)23-28-9-12-33(23)3/h5-6,9,12-15H,7-8,10-11H2,1-4H3,(H,29,31,32). The smallest absolute Gasteiger partial charge is 0.227 e. The third-order valence-corrected chi connectivity index (χ3v) is 6.64. The third-order valence-electron chi connectivity index (χ3n) is 6.64. The van der Waals surface area contributed by atoms with Gasteiger partial charge in [0.15, 0.2) is 5.82 Å². The van der Waals surface area contributed by atoms with E-state index in [4.69, 9.17) is 14.7 Å². The second-order valence-electron chi connectivity index (χ2n) is 9.28. The SMILES string of the molecule is COc1cc(-c2nccn2C)ccc1Nc1ncc2cc(C)nc(N3CCC(C)(C#N)CC3)c2n1. The van der Waals surface area contributed by atoms with Crippen LogP contribution in [-0.2, 0) is 7.05 Å². The Labute approximate surface area is 204 Å². The normalized spacial score (nSPS) is 15.1. The number of benzene rings is 1. The largest absolute Gasteiger partial charge is 0.495 e. The van der Waals surface area contributed by atoms with Crippen molar-refractivity contribution in [3.8, 4) is 23.2 Å². The van der Waals surface area contributed by atoms with Gasteiger partial charge in [-0.05, 0) is 51.0 Å². The van der Waals surface area contributed by atoms with Crippen molar-refractivity contribution >= 4 is 28.4 Å². The van der Waals surface area contributed by atoms with Crippen LogP contribution in [0.25, 0.3) is 22.3 Å². The third kappa shape index (κ3) is 4.35. The molecule has 178 valence electrons. The zero-order valence-electron chi connectivity index (χ0n) is 20.4. The molecule has 4 aromatic rings. The van der Waals surface area contributed by atoms with Crippen molar-refractivity contribution in [3.05, 3.63) is 48.5 Å². The Morgan fingerprint density at radius 1 is 1.14 bits per heavy atom. The Hall–Kier alpha value is -4.19. The van der Waals surface area contributed by atoms with Crippen LogP contribution in [-0.4, -0.2) is 44.7 Å². The lowest BCUT2D eigenvalue weighted by atomic mass is 9.82. The molecule has 3 aromatic heterocycles. The van der Waals surface area contributed by atoms with Crippen molar-refractivity contribution in [2.45, 2.75) is 26.7 Å². The quantitative estimate of drug-likeness (QED) is 0.453. The van der Waals surface area contributed by atoms with Crippen LogP contribution in [0.5, 0.6) is 5.75 Å². The van der Waals surface area contributed by atoms with Crippen LogP contribution in [0.2, 0.25) is 0 Å². The molecule has 1 aliphatic rings. The molecular weight excluding hydrogens is 440 g/mol. The van der Waals surface area contributed by atoms with Crippen LogP contribution in [0.15, 0.2) is 42.9 Å². The van der Waals surface area contributed by atoms with E-state index in [1.165, 1.54) is 0 Å². The molecule has 0 radical (unpaired) electrons. The number of nitrogens with zero attached hydrogens (tertiary/aromatic N) is 7. The number of aryl methyl sites for hydroxylation is 2. The van der Waals surface area contributed by atoms with Gasteiger partial charge in [-0.2, -0.15) is 5.26 Å². The first kappa shape index (κ1) is 22.6. The number of pyridine rings is 1. The maximum Gasteiger partial charge on any atom is 0.227 e. The monoisotopic (exact) mass is 468 g/mol. The number of nitrogens with one attached hydrogen (secondary N) is 1. The van der Waals surface area contributed by atoms with Gasteiger partial charge in [-0.25, -0.2) is 19.9 Å². The fourth-order valence-electron chi connectivity index (χ4n) is 4.46. The van der Waals surface area contributed by atoms with Gasteiger partial charge in [0.05, 0.1) is 24.3 Å². The molecule has 0 atom stereocenters. The van der Waals surface area contributed by atoms with E-state index in [1.54, 1.807) is 13.3 Å². The number of nitriles is 1. The van der Waals surface area contributed by atoms with E-state index >= 15 is 0 Å². The molecule has 0 amide bonds. The Morgan fingerprint density at radius 2 is 1.94 bits per heavy atom. The average molecular weight is 469 g/mol. The first-order chi connectivity index (χ1) is 16.9. The van der Waals surface area contributed by atoms with Gasteiger partial charge in [-0.15, -0.1) is 0 Å². The summed E-state index contributed by atoms with van der Waals surface area (Å²) in [6, 6.07) is 10.3. The lowest BCUT2D eigenvalue weighted by Gasteiger charge is -2.36. The highest BCUT2D eigenvalue weighted by molar-refractivity contribution is 5.89. The van der Waals surface area contributed by atoms with Crippen LogP contribution >= 0.6 is 0 Å². The van der Waals surface area contributed by atoms with Crippen LogP contribution in [0, 0.1) is 23.7 Å². The van der Waals surface area contributed by atoms with Crippen molar-refractivity contribution in [2.75, 3.05) is 30.4 Å². The van der Waals surface area contributed by atoms with E-state index in [-0.39, 0.29) is 5.41 Å². The van der Waals surface area contributed by atoms with Crippen LogP contribution < -0.4 is 15.0 Å². The van der Waals surface area contributed by atoms with E-state index in [0.29, 0.717) is 11.7 Å². The van der Waals surface area contributed by atoms with Gasteiger partial charge in [0.2, 0.25) is 5.95 Å². The lowest BCUT2D eigenvalue weighted by Crippen LogP contribution is -2.38. The predicted molar refractivity (Wildman–Crippen MR) is 136 cm³/mol. The van der Waals surface area contributed by atoms with Crippen molar-refractivity contribution < 1.29 is 4.74 Å². The fourth-order valence-corrected chi connectivity index (χ4v) is 4.46. The van der Waals surface area contributed by atoms with Gasteiger partial charge in [0, 0.05) is 55.4 Å². The summed E-state index contributed by atoms with van der Waals surface area (Å²) in [4.78, 5) is 20.9. The summed E-state index contributed by atoms with van der Waals surface area (Å²) in [5, 5.41) is 13.7. The molecule has 0 unspecified atom stereocenters. The molecule has 0 spiro atoms. The van der Waals surface area contributed by atoms with Crippen LogP contribution in [0.4, 0.5) is 17.5 Å². The summed E-state index contributed by atoms with van der Waals surface area (Å²) in [7, 11) is 3.60. The minimum Gasteiger partial charge on any atom is -0.495 e. The Kier molecular flexibility index (Phi) is 5.73. The van der Waals surface area contributed by atoms with Gasteiger partial charge in [-0.1, -0.05) is 0 Å². The molecular formula is C26H28N8O. The molecule has 1 aliphatic heterocycles. The highest BCUT2D eigenvalue weighted by Gasteiger charge is 2.31. The molecule has 5 rings (SSSR count). The highest BCUT2D eigenvalue weighted by atomic mass is 16.5. The number of aromatic nitrogens is 5. The van der Waals surface area contributed by atoms with E-state index in [1.807, 2.05) is 62.1 Å². The van der Waals surface area contributed by atoms with Crippen LogP contribution in [0.1, 0.15) is 25.5 Å². The second kappa shape index (κ2) is 8.87. The first-order valence-electron chi connectivity index (χ1n) is 11.6. The Morgan fingerprint density at radius 3 is 2.63 bits per heavy atom. The number of hydrogen-bond acceptors (Lipinski definition) is 8. The summed E-state index contributed by atoms with van der Waals surface area (Å²) < 4.78 is 7.61. The summed E-state index contributed by atoms with van der Waals surface area (Å²) in [6.45, 7) is 5.55. The van der Waals surface area contributed by atoms with Crippen LogP contribution in [0.3, 0.4) is 0 Å². The number of fused-ring (bicyclic) bond motifs is 1. The molecule has 35 heavy (non-hydrogen) atoms. The molecule has 1 fully saturated rings. The molecule has 9 nitrogen and oxygen atoms in total. The number of methoxy groups -OCH3 is 1. The number of imidazole rings is 1. The molecule has 1 aromatic carbocycles. The zero-order valence-corrected chi connectivity index (χ0v) is 20.4. The summed E-state index contributed by atoms with van der Waals surface area (Å²) >= 11 is 0. The van der Waals surface area contributed by atoms with Gasteiger partial charge >= 0.3 is 0 Å². The van der Waals surface area contributed by atoms with Crippen molar-refractivity contribution in [1.82, 2.24) is 24.5 Å². The number of hydrogen-bond donors (Lipinski definition) is 1. The van der Waals surface area contributed by atoms with E-state index in [0.717, 1.165) is 65.4 Å². The maximum atomic E-state index is 9.50. The Balaban J connectivity index is 1.47. The van der Waals surface area contributed by atoms with E-state index in [9.17, 15) is 5.26 Å². The highest BCUT2D eigenvalue weighted by Crippen LogP contribution is 2.35. The Bertz CT molecular complexity index is 1430. The maximum absolute atomic E-state index is 9.50. The second-order valence-corrected chi connectivity index (χ2v) is 9.28. The molecule has 1 N–H and O–H groups in total. The zero-order chi connectivity index (χ0) is 24.6. The first-order valence-corrected chi connectivity index (χ1v) is 11.6. The molecule has 0 aliphatic carbocycles. The number of anilines is 3. The average Bonchev–Trinajstić information content (AvgIpc) is 3.30. The fraction of sp³-hybridized carbons (Fsp3) is 0.346. The topological polar surface area (TPSA) is 105 Å². The van der Waals surface area contributed by atoms with Crippen molar-refractivity contribution in [1.29, 1.82) is 5.26 Å².